The van der Waals surface area contributed by atoms with E-state index in [9.17, 15) is 4.79 Å². The molecule has 0 radical (unpaired) electrons. The predicted octanol–water partition coefficient (Wildman–Crippen LogP) is 0.884. The molecule has 0 unspecified atom stereocenters. The molecule has 0 aromatic heterocycles. The molecule has 0 heterocycles. The normalized spacial score (nSPS) is 9.84. The molecule has 0 saturated carbocycles. The highest BCUT2D eigenvalue weighted by Crippen LogP contribution is 2.01. The second-order valence-electron chi connectivity index (χ2n) is 4.22. The van der Waals surface area contributed by atoms with Crippen LogP contribution in [0.15, 0.2) is 30.3 Å². The van der Waals surface area contributed by atoms with Crippen LogP contribution in [-0.2, 0) is 16.1 Å². The summed E-state index contributed by atoms with van der Waals surface area (Å²) in [6.45, 7) is 1.98. The molecule has 1 N–H and O–H groups in total. The maximum atomic E-state index is 11.1. The molecule has 1 aromatic rings. The highest BCUT2D eigenvalue weighted by molar-refractivity contribution is 5.77. The van der Waals surface area contributed by atoms with E-state index in [1.54, 1.807) is 0 Å². The van der Waals surface area contributed by atoms with Crippen LogP contribution >= 0.6 is 0 Å². The van der Waals surface area contributed by atoms with Crippen LogP contribution in [-0.4, -0.2) is 44.7 Å². The van der Waals surface area contributed by atoms with Crippen molar-refractivity contribution in [1.29, 1.82) is 0 Å². The molecule has 102 valence electrons. The lowest BCUT2D eigenvalue weighted by Gasteiger charge is -2.12. The smallest absolute Gasteiger partial charge is 0.246 e. The summed E-state index contributed by atoms with van der Waals surface area (Å²) < 4.78 is 4.70. The van der Waals surface area contributed by atoms with Crippen molar-refractivity contribution in [2.45, 2.75) is 6.54 Å². The van der Waals surface area contributed by atoms with Crippen molar-refractivity contribution in [3.63, 3.8) is 0 Å². The van der Waals surface area contributed by atoms with Gasteiger partial charge in [0.05, 0.1) is 13.1 Å². The lowest BCUT2D eigenvalue weighted by Crippen LogP contribution is -2.27. The van der Waals surface area contributed by atoms with Gasteiger partial charge in [0.25, 0.3) is 0 Å². The fraction of sp³-hybridized carbons (Fsp3) is 0.400. The molecule has 0 saturated heterocycles. The van der Waals surface area contributed by atoms with Crippen molar-refractivity contribution in [3.8, 4) is 11.8 Å². The molecule has 1 aromatic carbocycles. The number of hydrogen-bond acceptors (Lipinski definition) is 3. The predicted molar refractivity (Wildman–Crippen MR) is 75.4 cm³/mol. The Morgan fingerprint density at radius 2 is 2.05 bits per heavy atom. The number of rotatable bonds is 6. The zero-order chi connectivity index (χ0) is 13.9. The fourth-order valence-corrected chi connectivity index (χ4v) is 1.53. The van der Waals surface area contributed by atoms with E-state index in [4.69, 9.17) is 4.74 Å². The van der Waals surface area contributed by atoms with Crippen LogP contribution in [0.5, 0.6) is 0 Å². The minimum absolute atomic E-state index is 0.0790. The van der Waals surface area contributed by atoms with Crippen LogP contribution in [0, 0.1) is 11.8 Å². The molecule has 0 aliphatic carbocycles. The summed E-state index contributed by atoms with van der Waals surface area (Å²) in [5.41, 5.74) is 1.26. The van der Waals surface area contributed by atoms with Crippen LogP contribution in [0.1, 0.15) is 5.56 Å². The first-order valence-electron chi connectivity index (χ1n) is 6.16. The summed E-state index contributed by atoms with van der Waals surface area (Å²) >= 11 is 0. The summed E-state index contributed by atoms with van der Waals surface area (Å²) in [4.78, 5) is 13.2. The summed E-state index contributed by atoms with van der Waals surface area (Å²) in [7, 11) is 3.51. The zero-order valence-electron chi connectivity index (χ0n) is 11.5. The Morgan fingerprint density at radius 1 is 1.32 bits per heavy atom. The fourth-order valence-electron chi connectivity index (χ4n) is 1.53. The number of nitrogens with one attached hydrogen (secondary N) is 1. The maximum Gasteiger partial charge on any atom is 0.246 e. The average Bonchev–Trinajstić information content (AvgIpc) is 2.40. The summed E-state index contributed by atoms with van der Waals surface area (Å²) in [6.07, 6.45) is 0. The van der Waals surface area contributed by atoms with E-state index in [2.05, 4.69) is 34.2 Å². The van der Waals surface area contributed by atoms with Gasteiger partial charge in [0.2, 0.25) is 5.91 Å². The van der Waals surface area contributed by atoms with Crippen LogP contribution in [0.3, 0.4) is 0 Å². The first-order chi connectivity index (χ1) is 9.22. The third-order valence-corrected chi connectivity index (χ3v) is 2.42. The first kappa shape index (κ1) is 15.2. The monoisotopic (exact) mass is 260 g/mol. The molecule has 4 heteroatoms. The topological polar surface area (TPSA) is 41.6 Å². The number of hydrogen-bond donors (Lipinski definition) is 1. The molecule has 4 nitrogen and oxygen atoms in total. The highest BCUT2D eigenvalue weighted by atomic mass is 16.5. The molecule has 0 aliphatic heterocycles. The second-order valence-corrected chi connectivity index (χ2v) is 4.22. The Kier molecular flexibility index (Phi) is 7.33. The molecule has 0 bridgehead atoms. The van der Waals surface area contributed by atoms with Gasteiger partial charge < -0.3 is 10.1 Å². The van der Waals surface area contributed by atoms with E-state index in [1.165, 1.54) is 12.7 Å². The number of carbonyl (C=O) groups excluding carboxylic acids is 1. The quantitative estimate of drug-likeness (QED) is 0.772. The minimum atomic E-state index is -0.144. The lowest BCUT2D eigenvalue weighted by molar-refractivity contribution is -0.124. The van der Waals surface area contributed by atoms with Gasteiger partial charge in [0, 0.05) is 13.7 Å². The first-order valence-corrected chi connectivity index (χ1v) is 6.16. The van der Waals surface area contributed by atoms with E-state index in [-0.39, 0.29) is 12.5 Å². The molecular weight excluding hydrogens is 240 g/mol. The zero-order valence-corrected chi connectivity index (χ0v) is 11.5. The number of methoxy groups -OCH3 is 1. The number of carbonyl (C=O) groups is 1. The van der Waals surface area contributed by atoms with Gasteiger partial charge in [-0.15, -0.1) is 0 Å². The largest absolute Gasteiger partial charge is 0.375 e. The Bertz CT molecular complexity index is 434. The second kappa shape index (κ2) is 9.15. The van der Waals surface area contributed by atoms with E-state index in [1.807, 2.05) is 25.2 Å². The van der Waals surface area contributed by atoms with Gasteiger partial charge in [-0.2, -0.15) is 0 Å². The Labute approximate surface area is 114 Å². The van der Waals surface area contributed by atoms with Gasteiger partial charge in [0.1, 0.15) is 6.61 Å². The standard InChI is InChI=1S/C15H20N2O2/c1-17(12-14-8-4-3-5-9-14)11-7-6-10-16-15(18)13-19-2/h3-5,8-9H,10-13H2,1-2H3,(H,16,18). The summed E-state index contributed by atoms with van der Waals surface area (Å²) in [5.74, 6) is 5.79. The van der Waals surface area contributed by atoms with E-state index < -0.39 is 0 Å². The van der Waals surface area contributed by atoms with E-state index in [0.717, 1.165) is 6.54 Å². The molecule has 0 spiro atoms. The van der Waals surface area contributed by atoms with Crippen molar-refractivity contribution in [2.75, 3.05) is 33.9 Å². The van der Waals surface area contributed by atoms with Crippen molar-refractivity contribution in [2.24, 2.45) is 0 Å². The number of ether oxygens (including phenoxy) is 1. The Hall–Kier alpha value is -1.83. The lowest BCUT2D eigenvalue weighted by atomic mass is 10.2. The van der Waals surface area contributed by atoms with Crippen LogP contribution in [0.2, 0.25) is 0 Å². The summed E-state index contributed by atoms with van der Waals surface area (Å²) in [6, 6.07) is 10.2. The van der Waals surface area contributed by atoms with Crippen molar-refractivity contribution in [1.82, 2.24) is 10.2 Å². The summed E-state index contributed by atoms with van der Waals surface area (Å²) in [5, 5.41) is 2.65. The Morgan fingerprint density at radius 3 is 2.74 bits per heavy atom. The number of nitrogens with zero attached hydrogens (tertiary/aromatic N) is 1. The van der Waals surface area contributed by atoms with Crippen molar-refractivity contribution in [3.05, 3.63) is 35.9 Å². The van der Waals surface area contributed by atoms with Gasteiger partial charge >= 0.3 is 0 Å². The van der Waals surface area contributed by atoms with Gasteiger partial charge in [-0.05, 0) is 12.6 Å². The van der Waals surface area contributed by atoms with E-state index >= 15 is 0 Å². The van der Waals surface area contributed by atoms with Crippen molar-refractivity contribution >= 4 is 5.91 Å². The Balaban J connectivity index is 2.20. The van der Waals surface area contributed by atoms with Crippen molar-refractivity contribution < 1.29 is 9.53 Å². The van der Waals surface area contributed by atoms with Crippen LogP contribution < -0.4 is 5.32 Å². The highest BCUT2D eigenvalue weighted by Gasteiger charge is 1.97. The third kappa shape index (κ3) is 7.24. The van der Waals surface area contributed by atoms with Gasteiger partial charge in [0.15, 0.2) is 0 Å². The average molecular weight is 260 g/mol. The van der Waals surface area contributed by atoms with Gasteiger partial charge in [-0.1, -0.05) is 42.2 Å². The molecular formula is C15H20N2O2. The van der Waals surface area contributed by atoms with E-state index in [0.29, 0.717) is 13.1 Å². The van der Waals surface area contributed by atoms with Gasteiger partial charge in [-0.3, -0.25) is 9.69 Å². The molecule has 1 rings (SSSR count). The van der Waals surface area contributed by atoms with Crippen LogP contribution in [0.4, 0.5) is 0 Å². The van der Waals surface area contributed by atoms with Gasteiger partial charge in [-0.25, -0.2) is 0 Å². The molecule has 19 heavy (non-hydrogen) atoms. The number of benzene rings is 1. The maximum absolute atomic E-state index is 11.1. The number of amides is 1. The molecule has 0 atom stereocenters. The third-order valence-electron chi connectivity index (χ3n) is 2.42. The molecule has 0 aliphatic rings. The molecule has 1 amide bonds. The minimum Gasteiger partial charge on any atom is -0.375 e. The SMILES string of the molecule is COCC(=O)NCC#CCN(C)Cc1ccccc1. The van der Waals surface area contributed by atoms with Crippen LogP contribution in [0.25, 0.3) is 0 Å². The molecule has 0 fully saturated rings.